The summed E-state index contributed by atoms with van der Waals surface area (Å²) >= 11 is 0. The lowest BCUT2D eigenvalue weighted by Crippen LogP contribution is -2.19. The second kappa shape index (κ2) is 4.45. The number of aliphatic hydroxyl groups excluding tert-OH is 1. The van der Waals surface area contributed by atoms with E-state index in [2.05, 4.69) is 0 Å². The van der Waals surface area contributed by atoms with Gasteiger partial charge in [0, 0.05) is 6.61 Å². The van der Waals surface area contributed by atoms with E-state index in [0.717, 1.165) is 17.7 Å². The number of hydrogen-bond acceptors (Lipinski definition) is 1. The van der Waals surface area contributed by atoms with Crippen LogP contribution in [0, 0.1) is 5.41 Å². The largest absolute Gasteiger partial charge is 0.416 e. The summed E-state index contributed by atoms with van der Waals surface area (Å²) in [6, 6.07) is 5.06. The number of halogens is 3. The molecule has 0 bridgehead atoms. The normalized spacial score (nSPS) is 12.9. The van der Waals surface area contributed by atoms with Crippen LogP contribution < -0.4 is 0 Å². The Hall–Kier alpha value is -1.03. The highest BCUT2D eigenvalue weighted by Gasteiger charge is 2.30. The Bertz CT molecular complexity index is 338. The molecule has 0 amide bonds. The SMILES string of the molecule is CC(C)(CO)Cc1ccc(C(F)(F)F)cc1. The van der Waals surface area contributed by atoms with Gasteiger partial charge >= 0.3 is 6.18 Å². The fourth-order valence-corrected chi connectivity index (χ4v) is 1.42. The molecular weight excluding hydrogens is 217 g/mol. The van der Waals surface area contributed by atoms with Crippen LogP contribution in [0.5, 0.6) is 0 Å². The Morgan fingerprint density at radius 1 is 1.06 bits per heavy atom. The van der Waals surface area contributed by atoms with Crippen molar-refractivity contribution in [2.24, 2.45) is 5.41 Å². The first-order valence-corrected chi connectivity index (χ1v) is 5.02. The summed E-state index contributed by atoms with van der Waals surface area (Å²) in [4.78, 5) is 0. The van der Waals surface area contributed by atoms with Gasteiger partial charge in [-0.25, -0.2) is 0 Å². The summed E-state index contributed by atoms with van der Waals surface area (Å²) in [6.07, 6.45) is -3.73. The van der Waals surface area contributed by atoms with Crippen molar-refractivity contribution in [2.45, 2.75) is 26.4 Å². The third-order valence-electron chi connectivity index (χ3n) is 2.39. The summed E-state index contributed by atoms with van der Waals surface area (Å²) in [5, 5.41) is 9.06. The topological polar surface area (TPSA) is 20.2 Å². The maximum absolute atomic E-state index is 12.3. The van der Waals surface area contributed by atoms with Crippen molar-refractivity contribution in [3.8, 4) is 0 Å². The second-order valence-corrected chi connectivity index (χ2v) is 4.69. The van der Waals surface area contributed by atoms with Crippen molar-refractivity contribution in [1.29, 1.82) is 0 Å². The molecular formula is C12H15F3O. The van der Waals surface area contributed by atoms with E-state index in [0.29, 0.717) is 6.42 Å². The minimum Gasteiger partial charge on any atom is -0.396 e. The molecule has 0 atom stereocenters. The molecule has 16 heavy (non-hydrogen) atoms. The highest BCUT2D eigenvalue weighted by molar-refractivity contribution is 5.25. The summed E-state index contributed by atoms with van der Waals surface area (Å²) in [7, 11) is 0. The zero-order valence-electron chi connectivity index (χ0n) is 9.30. The van der Waals surface area contributed by atoms with Gasteiger partial charge in [0.2, 0.25) is 0 Å². The molecule has 0 aliphatic rings. The van der Waals surface area contributed by atoms with Crippen LogP contribution in [0.2, 0.25) is 0 Å². The Kier molecular flexibility index (Phi) is 3.63. The van der Waals surface area contributed by atoms with Gasteiger partial charge in [0.15, 0.2) is 0 Å². The first-order valence-electron chi connectivity index (χ1n) is 5.02. The molecule has 0 heterocycles. The first kappa shape index (κ1) is 13.0. The van der Waals surface area contributed by atoms with Crippen LogP contribution in [0.15, 0.2) is 24.3 Å². The molecule has 0 aliphatic carbocycles. The van der Waals surface area contributed by atoms with Crippen LogP contribution in [0.4, 0.5) is 13.2 Å². The first-order chi connectivity index (χ1) is 7.24. The van der Waals surface area contributed by atoms with E-state index in [1.54, 1.807) is 0 Å². The molecule has 1 nitrogen and oxygen atoms in total. The Labute approximate surface area is 92.9 Å². The summed E-state index contributed by atoms with van der Waals surface area (Å²) < 4.78 is 36.9. The highest BCUT2D eigenvalue weighted by Crippen LogP contribution is 2.30. The van der Waals surface area contributed by atoms with Crippen LogP contribution in [-0.4, -0.2) is 11.7 Å². The van der Waals surface area contributed by atoms with Gasteiger partial charge in [-0.1, -0.05) is 26.0 Å². The molecule has 0 radical (unpaired) electrons. The van der Waals surface area contributed by atoms with Crippen molar-refractivity contribution in [2.75, 3.05) is 6.61 Å². The zero-order valence-corrected chi connectivity index (χ0v) is 9.30. The average molecular weight is 232 g/mol. The van der Waals surface area contributed by atoms with Crippen LogP contribution in [0.3, 0.4) is 0 Å². The van der Waals surface area contributed by atoms with Crippen LogP contribution in [0.1, 0.15) is 25.0 Å². The van der Waals surface area contributed by atoms with Crippen LogP contribution in [0.25, 0.3) is 0 Å². The molecule has 0 aliphatic heterocycles. The van der Waals surface area contributed by atoms with Gasteiger partial charge in [-0.2, -0.15) is 13.2 Å². The molecule has 0 fully saturated rings. The molecule has 1 rings (SSSR count). The van der Waals surface area contributed by atoms with Crippen molar-refractivity contribution >= 4 is 0 Å². The molecule has 0 saturated heterocycles. The third kappa shape index (κ3) is 3.52. The second-order valence-electron chi connectivity index (χ2n) is 4.69. The minimum absolute atomic E-state index is 0.00796. The number of benzene rings is 1. The lowest BCUT2D eigenvalue weighted by atomic mass is 9.86. The molecule has 1 aromatic rings. The van der Waals surface area contributed by atoms with Crippen molar-refractivity contribution < 1.29 is 18.3 Å². The number of aliphatic hydroxyl groups is 1. The molecule has 0 spiro atoms. The van der Waals surface area contributed by atoms with E-state index in [4.69, 9.17) is 5.11 Å². The van der Waals surface area contributed by atoms with Gasteiger partial charge in [0.1, 0.15) is 0 Å². The molecule has 4 heteroatoms. The maximum atomic E-state index is 12.3. The molecule has 1 N–H and O–H groups in total. The standard InChI is InChI=1S/C12H15F3O/c1-11(2,8-16)7-9-3-5-10(6-4-9)12(13,14)15/h3-6,16H,7-8H2,1-2H3. The van der Waals surface area contributed by atoms with Gasteiger partial charge < -0.3 is 5.11 Å². The monoisotopic (exact) mass is 232 g/mol. The summed E-state index contributed by atoms with van der Waals surface area (Å²) in [5.41, 5.74) is -0.148. The lowest BCUT2D eigenvalue weighted by Gasteiger charge is -2.21. The fraction of sp³-hybridized carbons (Fsp3) is 0.500. The zero-order chi connectivity index (χ0) is 12.4. The maximum Gasteiger partial charge on any atom is 0.416 e. The Balaban J connectivity index is 2.80. The van der Waals surface area contributed by atoms with E-state index >= 15 is 0 Å². The van der Waals surface area contributed by atoms with Gasteiger partial charge in [-0.3, -0.25) is 0 Å². The summed E-state index contributed by atoms with van der Waals surface area (Å²) in [6.45, 7) is 3.74. The van der Waals surface area contributed by atoms with Crippen molar-refractivity contribution in [3.63, 3.8) is 0 Å². The van der Waals surface area contributed by atoms with Gasteiger partial charge in [-0.15, -0.1) is 0 Å². The average Bonchev–Trinajstić information content (AvgIpc) is 2.16. The van der Waals surface area contributed by atoms with E-state index in [9.17, 15) is 13.2 Å². The van der Waals surface area contributed by atoms with Crippen LogP contribution in [-0.2, 0) is 12.6 Å². The smallest absolute Gasteiger partial charge is 0.396 e. The molecule has 1 aromatic carbocycles. The van der Waals surface area contributed by atoms with Gasteiger partial charge in [-0.05, 0) is 29.5 Å². The number of hydrogen-bond donors (Lipinski definition) is 1. The van der Waals surface area contributed by atoms with E-state index in [1.165, 1.54) is 12.1 Å². The minimum atomic E-state index is -4.29. The summed E-state index contributed by atoms with van der Waals surface area (Å²) in [5.74, 6) is 0. The van der Waals surface area contributed by atoms with E-state index in [1.807, 2.05) is 13.8 Å². The lowest BCUT2D eigenvalue weighted by molar-refractivity contribution is -0.137. The van der Waals surface area contributed by atoms with Gasteiger partial charge in [0.25, 0.3) is 0 Å². The highest BCUT2D eigenvalue weighted by atomic mass is 19.4. The number of rotatable bonds is 3. The van der Waals surface area contributed by atoms with E-state index < -0.39 is 11.7 Å². The molecule has 0 saturated carbocycles. The Morgan fingerprint density at radius 3 is 1.94 bits per heavy atom. The Morgan fingerprint density at radius 2 is 1.56 bits per heavy atom. The third-order valence-corrected chi connectivity index (χ3v) is 2.39. The predicted octanol–water partition coefficient (Wildman–Crippen LogP) is 3.27. The quantitative estimate of drug-likeness (QED) is 0.848. The molecule has 90 valence electrons. The fourth-order valence-electron chi connectivity index (χ4n) is 1.42. The molecule has 0 aromatic heterocycles. The van der Waals surface area contributed by atoms with Crippen molar-refractivity contribution in [1.82, 2.24) is 0 Å². The van der Waals surface area contributed by atoms with Crippen molar-refractivity contribution in [3.05, 3.63) is 35.4 Å². The molecule has 0 unspecified atom stereocenters. The van der Waals surface area contributed by atoms with E-state index in [-0.39, 0.29) is 12.0 Å². The predicted molar refractivity (Wildman–Crippen MR) is 56.0 cm³/mol. The van der Waals surface area contributed by atoms with Crippen LogP contribution >= 0.6 is 0 Å². The van der Waals surface area contributed by atoms with Gasteiger partial charge in [0.05, 0.1) is 5.56 Å². The number of alkyl halides is 3.